The van der Waals surface area contributed by atoms with Crippen LogP contribution in [0.25, 0.3) is 5.69 Å². The Bertz CT molecular complexity index is 1280. The highest BCUT2D eigenvalue weighted by molar-refractivity contribution is 5.54. The summed E-state index contributed by atoms with van der Waals surface area (Å²) in [6.45, 7) is 3.88. The van der Waals surface area contributed by atoms with Gasteiger partial charge in [-0.25, -0.2) is 4.68 Å². The zero-order valence-corrected chi connectivity index (χ0v) is 19.2. The first-order valence-electron chi connectivity index (χ1n) is 10.7. The summed E-state index contributed by atoms with van der Waals surface area (Å²) in [7, 11) is 5.79. The van der Waals surface area contributed by atoms with Gasteiger partial charge in [0.15, 0.2) is 0 Å². The van der Waals surface area contributed by atoms with E-state index in [2.05, 4.69) is 0 Å². The summed E-state index contributed by atoms with van der Waals surface area (Å²) in [5.41, 5.74) is 3.39. The zero-order chi connectivity index (χ0) is 23.0. The Kier molecular flexibility index (Phi) is 5.53. The summed E-state index contributed by atoms with van der Waals surface area (Å²) in [6.07, 6.45) is 0. The molecule has 4 aromatic rings. The van der Waals surface area contributed by atoms with Gasteiger partial charge in [0.05, 0.1) is 11.3 Å². The highest BCUT2D eigenvalue weighted by Gasteiger charge is 2.40. The van der Waals surface area contributed by atoms with Gasteiger partial charge in [0.25, 0.3) is 5.56 Å². The molecule has 5 nitrogen and oxygen atoms in total. The number of nitrogens with zero attached hydrogens (tertiary/aromatic N) is 3. The smallest absolute Gasteiger partial charge is 0.278 e. The minimum Gasteiger partial charge on any atom is -0.378 e. The number of aromatic nitrogens is 2. The molecule has 5 heteroatoms. The maximum atomic E-state index is 13.8. The molecule has 1 heterocycles. The van der Waals surface area contributed by atoms with Gasteiger partial charge in [-0.1, -0.05) is 60.2 Å². The summed E-state index contributed by atoms with van der Waals surface area (Å²) in [5.74, 6) is 0. The van der Waals surface area contributed by atoms with E-state index < -0.39 is 5.60 Å². The Morgan fingerprint density at radius 2 is 1.34 bits per heavy atom. The van der Waals surface area contributed by atoms with Gasteiger partial charge in [-0.05, 0) is 49.2 Å². The van der Waals surface area contributed by atoms with E-state index in [4.69, 9.17) is 0 Å². The normalized spacial score (nSPS) is 13.1. The molecular weight excluding hydrogens is 398 g/mol. The molecule has 1 unspecified atom stereocenters. The molecule has 0 aliphatic carbocycles. The van der Waals surface area contributed by atoms with Crippen LogP contribution in [0.5, 0.6) is 0 Å². The van der Waals surface area contributed by atoms with Gasteiger partial charge in [-0.2, -0.15) is 0 Å². The maximum Gasteiger partial charge on any atom is 0.278 e. The molecule has 0 fully saturated rings. The highest BCUT2D eigenvalue weighted by atomic mass is 16.3. The van der Waals surface area contributed by atoms with Crippen LogP contribution in [-0.4, -0.2) is 28.6 Å². The lowest BCUT2D eigenvalue weighted by molar-refractivity contribution is 0.123. The molecule has 1 atom stereocenters. The molecule has 0 saturated heterocycles. The largest absolute Gasteiger partial charge is 0.378 e. The standard InChI is InChI=1S/C27H29N3O2/c1-19-11-13-21(14-12-19)27(32,22-15-17-23(18-16-22)28(3)4)25-20(2)29(5)30(26(25)31)24-9-7-6-8-10-24/h6-18,32H,1-5H3. The highest BCUT2D eigenvalue weighted by Crippen LogP contribution is 2.37. The Hall–Kier alpha value is -3.57. The average molecular weight is 428 g/mol. The lowest BCUT2D eigenvalue weighted by atomic mass is 9.80. The Balaban J connectivity index is 2.02. The Morgan fingerprint density at radius 1 is 0.812 bits per heavy atom. The minimum atomic E-state index is -1.60. The molecule has 0 saturated carbocycles. The summed E-state index contributed by atoms with van der Waals surface area (Å²) in [6, 6.07) is 24.9. The van der Waals surface area contributed by atoms with E-state index in [1.165, 1.54) is 0 Å². The Morgan fingerprint density at radius 3 is 1.88 bits per heavy atom. The summed E-state index contributed by atoms with van der Waals surface area (Å²) >= 11 is 0. The molecular formula is C27H29N3O2. The maximum absolute atomic E-state index is 13.8. The first-order chi connectivity index (χ1) is 15.2. The number of para-hydroxylation sites is 1. The van der Waals surface area contributed by atoms with E-state index >= 15 is 0 Å². The molecule has 32 heavy (non-hydrogen) atoms. The van der Waals surface area contributed by atoms with Crippen LogP contribution in [0.1, 0.15) is 27.9 Å². The van der Waals surface area contributed by atoms with Crippen LogP contribution in [0.4, 0.5) is 5.69 Å². The molecule has 4 rings (SSSR count). The number of aliphatic hydroxyl groups is 1. The second-order valence-corrected chi connectivity index (χ2v) is 8.45. The molecule has 1 N–H and O–H groups in total. The quantitative estimate of drug-likeness (QED) is 0.521. The lowest BCUT2D eigenvalue weighted by Gasteiger charge is -2.29. The fraction of sp³-hybridized carbons (Fsp3) is 0.222. The summed E-state index contributed by atoms with van der Waals surface area (Å²) in [5, 5.41) is 12.4. The van der Waals surface area contributed by atoms with E-state index in [-0.39, 0.29) is 5.56 Å². The summed E-state index contributed by atoms with van der Waals surface area (Å²) < 4.78 is 3.42. The van der Waals surface area contributed by atoms with E-state index in [1.807, 2.05) is 119 Å². The van der Waals surface area contributed by atoms with Gasteiger partial charge >= 0.3 is 0 Å². The third-order valence-corrected chi connectivity index (χ3v) is 6.19. The van der Waals surface area contributed by atoms with Gasteiger partial charge in [-0.3, -0.25) is 9.48 Å². The van der Waals surface area contributed by atoms with Gasteiger partial charge < -0.3 is 10.0 Å². The zero-order valence-electron chi connectivity index (χ0n) is 19.2. The number of aryl methyl sites for hydroxylation is 1. The van der Waals surface area contributed by atoms with Crippen LogP contribution in [0.2, 0.25) is 0 Å². The first-order valence-corrected chi connectivity index (χ1v) is 10.7. The molecule has 0 radical (unpaired) electrons. The van der Waals surface area contributed by atoms with Gasteiger partial charge in [0.1, 0.15) is 5.60 Å². The van der Waals surface area contributed by atoms with Crippen LogP contribution in [0.15, 0.2) is 83.7 Å². The number of hydrogen-bond acceptors (Lipinski definition) is 3. The van der Waals surface area contributed by atoms with Crippen LogP contribution >= 0.6 is 0 Å². The third-order valence-electron chi connectivity index (χ3n) is 6.19. The minimum absolute atomic E-state index is 0.240. The number of hydrogen-bond donors (Lipinski definition) is 1. The molecule has 0 amide bonds. The van der Waals surface area contributed by atoms with Crippen molar-refractivity contribution in [3.05, 3.63) is 117 Å². The molecule has 1 aromatic heterocycles. The molecule has 0 spiro atoms. The Labute approximate surface area is 188 Å². The van der Waals surface area contributed by atoms with E-state index in [0.29, 0.717) is 22.4 Å². The van der Waals surface area contributed by atoms with E-state index in [1.54, 1.807) is 9.36 Å². The van der Waals surface area contributed by atoms with Crippen molar-refractivity contribution in [2.24, 2.45) is 7.05 Å². The van der Waals surface area contributed by atoms with E-state index in [0.717, 1.165) is 16.9 Å². The van der Waals surface area contributed by atoms with Gasteiger partial charge in [-0.15, -0.1) is 0 Å². The fourth-order valence-corrected chi connectivity index (χ4v) is 4.24. The fourth-order valence-electron chi connectivity index (χ4n) is 4.24. The van der Waals surface area contributed by atoms with Crippen LogP contribution in [0, 0.1) is 13.8 Å². The molecule has 0 aliphatic rings. The van der Waals surface area contributed by atoms with Crippen molar-refractivity contribution in [1.82, 2.24) is 9.36 Å². The van der Waals surface area contributed by atoms with Crippen molar-refractivity contribution in [1.29, 1.82) is 0 Å². The summed E-state index contributed by atoms with van der Waals surface area (Å²) in [4.78, 5) is 15.8. The second kappa shape index (κ2) is 8.17. The van der Waals surface area contributed by atoms with Crippen molar-refractivity contribution >= 4 is 5.69 Å². The number of anilines is 1. The third kappa shape index (κ3) is 3.45. The first kappa shape index (κ1) is 21.7. The van der Waals surface area contributed by atoms with Crippen LogP contribution < -0.4 is 10.5 Å². The monoisotopic (exact) mass is 427 g/mol. The second-order valence-electron chi connectivity index (χ2n) is 8.45. The van der Waals surface area contributed by atoms with Gasteiger partial charge in [0, 0.05) is 32.5 Å². The van der Waals surface area contributed by atoms with Gasteiger partial charge in [0.2, 0.25) is 0 Å². The predicted octanol–water partition coefficient (Wildman–Crippen LogP) is 4.14. The topological polar surface area (TPSA) is 50.4 Å². The number of rotatable bonds is 5. The van der Waals surface area contributed by atoms with Crippen LogP contribution in [0.3, 0.4) is 0 Å². The van der Waals surface area contributed by atoms with Crippen molar-refractivity contribution in [2.75, 3.05) is 19.0 Å². The SMILES string of the molecule is Cc1ccc(C(O)(c2ccc(N(C)C)cc2)c2c(C)n(C)n(-c3ccccc3)c2=O)cc1. The number of benzene rings is 3. The predicted molar refractivity (Wildman–Crippen MR) is 130 cm³/mol. The van der Waals surface area contributed by atoms with Crippen molar-refractivity contribution in [3.63, 3.8) is 0 Å². The molecule has 164 valence electrons. The van der Waals surface area contributed by atoms with Crippen molar-refractivity contribution in [2.45, 2.75) is 19.4 Å². The molecule has 3 aromatic carbocycles. The lowest BCUT2D eigenvalue weighted by Crippen LogP contribution is -2.35. The molecule has 0 bridgehead atoms. The molecule has 0 aliphatic heterocycles. The van der Waals surface area contributed by atoms with Crippen molar-refractivity contribution < 1.29 is 5.11 Å². The van der Waals surface area contributed by atoms with E-state index in [9.17, 15) is 9.90 Å². The van der Waals surface area contributed by atoms with Crippen molar-refractivity contribution in [3.8, 4) is 5.69 Å². The van der Waals surface area contributed by atoms with Crippen LogP contribution in [-0.2, 0) is 12.6 Å². The average Bonchev–Trinajstić information content (AvgIpc) is 3.02.